The van der Waals surface area contributed by atoms with Crippen LogP contribution >= 0.6 is 22.9 Å². The van der Waals surface area contributed by atoms with Crippen LogP contribution in [0.5, 0.6) is 0 Å². The number of hydrogen-bond donors (Lipinski definition) is 1. The molecule has 1 aromatic carbocycles. The molecule has 1 N–H and O–H groups in total. The number of sulfonamides is 1. The SMILES string of the molecule is O=C1Nc2ccccc2S(=O)(=O)N1Cc1ccc(Cl)s1. The average Bonchev–Trinajstić information content (AvgIpc) is 2.80. The average molecular weight is 329 g/mol. The zero-order chi connectivity index (χ0) is 14.3. The van der Waals surface area contributed by atoms with Gasteiger partial charge in [-0.25, -0.2) is 17.5 Å². The Balaban J connectivity index is 2.02. The third-order valence-corrected chi connectivity index (χ3v) is 5.85. The van der Waals surface area contributed by atoms with Crippen LogP contribution in [0.25, 0.3) is 0 Å². The van der Waals surface area contributed by atoms with E-state index in [9.17, 15) is 13.2 Å². The normalized spacial score (nSPS) is 16.6. The van der Waals surface area contributed by atoms with Gasteiger partial charge in [0, 0.05) is 4.88 Å². The van der Waals surface area contributed by atoms with E-state index in [1.54, 1.807) is 30.3 Å². The van der Waals surface area contributed by atoms with E-state index in [1.165, 1.54) is 17.4 Å². The molecule has 0 bridgehead atoms. The Morgan fingerprint density at radius 2 is 1.95 bits per heavy atom. The van der Waals surface area contributed by atoms with Gasteiger partial charge in [0.1, 0.15) is 4.90 Å². The Kier molecular flexibility index (Phi) is 3.19. The van der Waals surface area contributed by atoms with Crippen molar-refractivity contribution in [3.63, 3.8) is 0 Å². The Morgan fingerprint density at radius 3 is 2.65 bits per heavy atom. The van der Waals surface area contributed by atoms with E-state index in [-0.39, 0.29) is 11.4 Å². The summed E-state index contributed by atoms with van der Waals surface area (Å²) in [6.45, 7) is -0.0279. The van der Waals surface area contributed by atoms with E-state index >= 15 is 0 Å². The number of benzene rings is 1. The number of nitrogens with one attached hydrogen (secondary N) is 1. The first-order chi connectivity index (χ1) is 9.48. The van der Waals surface area contributed by atoms with Crippen LogP contribution in [-0.4, -0.2) is 18.8 Å². The molecular formula is C12H9ClN2O3S2. The summed E-state index contributed by atoms with van der Waals surface area (Å²) in [5, 5.41) is 2.57. The number of amides is 2. The van der Waals surface area contributed by atoms with Gasteiger partial charge in [-0.2, -0.15) is 0 Å². The molecule has 8 heteroatoms. The largest absolute Gasteiger partial charge is 0.336 e. The van der Waals surface area contributed by atoms with Crippen molar-refractivity contribution in [2.45, 2.75) is 11.4 Å². The fraction of sp³-hybridized carbons (Fsp3) is 0.0833. The minimum absolute atomic E-state index is 0.0279. The van der Waals surface area contributed by atoms with Crippen LogP contribution in [0.2, 0.25) is 4.34 Å². The lowest BCUT2D eigenvalue weighted by Gasteiger charge is -2.28. The number of carbonyl (C=O) groups excluding carboxylic acids is 1. The fourth-order valence-electron chi connectivity index (χ4n) is 1.94. The quantitative estimate of drug-likeness (QED) is 0.921. The first kappa shape index (κ1) is 13.4. The molecule has 5 nitrogen and oxygen atoms in total. The smallest absolute Gasteiger partial charge is 0.306 e. The molecule has 0 aliphatic carbocycles. The number of hydrogen-bond acceptors (Lipinski definition) is 4. The number of nitrogens with zero attached hydrogens (tertiary/aromatic N) is 1. The van der Waals surface area contributed by atoms with Crippen molar-refractivity contribution in [3.05, 3.63) is 45.6 Å². The Hall–Kier alpha value is -1.57. The molecule has 1 aliphatic heterocycles. The van der Waals surface area contributed by atoms with Crippen molar-refractivity contribution in [1.82, 2.24) is 4.31 Å². The first-order valence-electron chi connectivity index (χ1n) is 5.65. The van der Waals surface area contributed by atoms with Gasteiger partial charge in [0.15, 0.2) is 0 Å². The van der Waals surface area contributed by atoms with Crippen molar-refractivity contribution >= 4 is 44.7 Å². The number of halogens is 1. The van der Waals surface area contributed by atoms with Crippen molar-refractivity contribution < 1.29 is 13.2 Å². The summed E-state index contributed by atoms with van der Waals surface area (Å²) in [6, 6.07) is 9.04. The molecular weight excluding hydrogens is 320 g/mol. The highest BCUT2D eigenvalue weighted by molar-refractivity contribution is 7.90. The molecule has 0 atom stereocenters. The van der Waals surface area contributed by atoms with Gasteiger partial charge in [0.05, 0.1) is 16.6 Å². The lowest BCUT2D eigenvalue weighted by Crippen LogP contribution is -2.43. The standard InChI is InChI=1S/C12H9ClN2O3S2/c13-11-6-5-8(19-11)7-15-12(16)14-9-3-1-2-4-10(9)20(15,17)18/h1-6H,7H2,(H,14,16). The van der Waals surface area contributed by atoms with Crippen LogP contribution in [0, 0.1) is 0 Å². The van der Waals surface area contributed by atoms with Gasteiger partial charge >= 0.3 is 6.03 Å². The maximum Gasteiger partial charge on any atom is 0.336 e. The number of urea groups is 1. The second-order valence-electron chi connectivity index (χ2n) is 4.14. The highest BCUT2D eigenvalue weighted by Crippen LogP contribution is 2.32. The summed E-state index contributed by atoms with van der Waals surface area (Å²) in [6.07, 6.45) is 0. The van der Waals surface area contributed by atoms with Crippen molar-refractivity contribution in [2.75, 3.05) is 5.32 Å². The molecule has 2 aromatic rings. The van der Waals surface area contributed by atoms with E-state index in [0.717, 1.165) is 4.31 Å². The van der Waals surface area contributed by atoms with Gasteiger partial charge in [-0.05, 0) is 24.3 Å². The van der Waals surface area contributed by atoms with Gasteiger partial charge in [-0.15, -0.1) is 11.3 Å². The summed E-state index contributed by atoms with van der Waals surface area (Å²) in [7, 11) is -3.84. The number of rotatable bonds is 2. The van der Waals surface area contributed by atoms with E-state index < -0.39 is 16.1 Å². The van der Waals surface area contributed by atoms with Crippen LogP contribution in [0.15, 0.2) is 41.3 Å². The van der Waals surface area contributed by atoms with Crippen molar-refractivity contribution in [1.29, 1.82) is 0 Å². The summed E-state index contributed by atoms with van der Waals surface area (Å²) in [5.41, 5.74) is 0.304. The Morgan fingerprint density at radius 1 is 1.20 bits per heavy atom. The molecule has 2 amide bonds. The summed E-state index contributed by atoms with van der Waals surface area (Å²) in [5.74, 6) is 0. The molecule has 3 rings (SSSR count). The number of fused-ring (bicyclic) bond motifs is 1. The lowest BCUT2D eigenvalue weighted by molar-refractivity contribution is 0.234. The highest BCUT2D eigenvalue weighted by Gasteiger charge is 2.36. The third-order valence-electron chi connectivity index (χ3n) is 2.85. The first-order valence-corrected chi connectivity index (χ1v) is 8.29. The third kappa shape index (κ3) is 2.17. The van der Waals surface area contributed by atoms with Crippen LogP contribution < -0.4 is 5.32 Å². The zero-order valence-corrected chi connectivity index (χ0v) is 12.4. The molecule has 0 radical (unpaired) electrons. The monoisotopic (exact) mass is 328 g/mol. The lowest BCUT2D eigenvalue weighted by atomic mass is 10.3. The maximum absolute atomic E-state index is 12.5. The molecule has 104 valence electrons. The zero-order valence-electron chi connectivity index (χ0n) is 10.0. The maximum atomic E-state index is 12.5. The molecule has 0 spiro atoms. The molecule has 20 heavy (non-hydrogen) atoms. The molecule has 0 fully saturated rings. The highest BCUT2D eigenvalue weighted by atomic mass is 35.5. The predicted molar refractivity (Wildman–Crippen MR) is 77.5 cm³/mol. The second-order valence-corrected chi connectivity index (χ2v) is 7.77. The molecule has 2 heterocycles. The number of anilines is 1. The van der Waals surface area contributed by atoms with Crippen LogP contribution in [0.3, 0.4) is 0 Å². The van der Waals surface area contributed by atoms with Crippen molar-refractivity contribution in [3.8, 4) is 0 Å². The van der Waals surface area contributed by atoms with Gasteiger partial charge in [-0.3, -0.25) is 0 Å². The summed E-state index contributed by atoms with van der Waals surface area (Å²) >= 11 is 7.06. The topological polar surface area (TPSA) is 66.5 Å². The summed E-state index contributed by atoms with van der Waals surface area (Å²) < 4.78 is 26.3. The van der Waals surface area contributed by atoms with Crippen LogP contribution in [-0.2, 0) is 16.6 Å². The van der Waals surface area contributed by atoms with Crippen molar-refractivity contribution in [2.24, 2.45) is 0 Å². The second kappa shape index (κ2) is 4.76. The fourth-order valence-corrected chi connectivity index (χ4v) is 4.55. The molecule has 0 saturated heterocycles. The minimum atomic E-state index is -3.84. The molecule has 1 aromatic heterocycles. The van der Waals surface area contributed by atoms with Gasteiger partial charge < -0.3 is 5.32 Å². The van der Waals surface area contributed by atoms with E-state index in [1.807, 2.05) is 0 Å². The van der Waals surface area contributed by atoms with Gasteiger partial charge in [0.2, 0.25) is 0 Å². The molecule has 0 unspecified atom stereocenters. The minimum Gasteiger partial charge on any atom is -0.306 e. The Labute approximate surface area is 124 Å². The van der Waals surface area contributed by atoms with Gasteiger partial charge in [-0.1, -0.05) is 23.7 Å². The van der Waals surface area contributed by atoms with E-state index in [4.69, 9.17) is 11.6 Å². The Bertz CT molecular complexity index is 786. The van der Waals surface area contributed by atoms with Gasteiger partial charge in [0.25, 0.3) is 10.0 Å². The van der Waals surface area contributed by atoms with E-state index in [2.05, 4.69) is 5.32 Å². The van der Waals surface area contributed by atoms with Crippen LogP contribution in [0.1, 0.15) is 4.88 Å². The van der Waals surface area contributed by atoms with E-state index in [0.29, 0.717) is 14.9 Å². The molecule has 0 saturated carbocycles. The number of para-hydroxylation sites is 1. The predicted octanol–water partition coefficient (Wildman–Crippen LogP) is 3.14. The molecule has 1 aliphatic rings. The number of thiophene rings is 1. The summed E-state index contributed by atoms with van der Waals surface area (Å²) in [4.78, 5) is 12.8. The number of carbonyl (C=O) groups is 1. The van der Waals surface area contributed by atoms with Crippen LogP contribution in [0.4, 0.5) is 10.5 Å².